The van der Waals surface area contributed by atoms with Gasteiger partial charge in [0.15, 0.2) is 5.78 Å². The van der Waals surface area contributed by atoms with Gasteiger partial charge < -0.3 is 4.74 Å². The minimum Gasteiger partial charge on any atom is -0.376 e. The summed E-state index contributed by atoms with van der Waals surface area (Å²) >= 11 is 1.81. The van der Waals surface area contributed by atoms with Crippen molar-refractivity contribution < 1.29 is 9.53 Å². The van der Waals surface area contributed by atoms with Gasteiger partial charge >= 0.3 is 0 Å². The average molecular weight is 228 g/mol. The first-order valence-electron chi connectivity index (χ1n) is 6.00. The molecule has 2 rings (SSSR count). The van der Waals surface area contributed by atoms with Gasteiger partial charge in [0.05, 0.1) is 10.9 Å². The highest BCUT2D eigenvalue weighted by atomic mass is 32.2. The fraction of sp³-hybridized carbons (Fsp3) is 0.917. The first kappa shape index (κ1) is 11.5. The summed E-state index contributed by atoms with van der Waals surface area (Å²) in [4.78, 5) is 12.0. The van der Waals surface area contributed by atoms with E-state index in [1.165, 1.54) is 12.8 Å². The molecule has 0 radical (unpaired) electrons. The predicted octanol–water partition coefficient (Wildman–Crippen LogP) is 2.66. The van der Waals surface area contributed by atoms with Gasteiger partial charge in [0.1, 0.15) is 0 Å². The maximum atomic E-state index is 12.0. The lowest BCUT2D eigenvalue weighted by molar-refractivity contribution is -0.159. The molecule has 0 aromatic heterocycles. The molecule has 1 aliphatic carbocycles. The molecule has 1 heterocycles. The van der Waals surface area contributed by atoms with Crippen molar-refractivity contribution in [3.63, 3.8) is 0 Å². The molecular formula is C12H20O2S. The second kappa shape index (κ2) is 4.46. The van der Waals surface area contributed by atoms with Crippen LogP contribution in [0.15, 0.2) is 0 Å². The summed E-state index contributed by atoms with van der Waals surface area (Å²) in [7, 11) is 0. The number of Topliss-reactive ketones (excluding diaryl/α,β-unsaturated/α-hetero) is 1. The zero-order chi connectivity index (χ0) is 10.9. The van der Waals surface area contributed by atoms with Crippen molar-refractivity contribution in [2.75, 3.05) is 12.4 Å². The first-order chi connectivity index (χ1) is 7.20. The van der Waals surface area contributed by atoms with E-state index in [0.717, 1.165) is 25.2 Å². The van der Waals surface area contributed by atoms with Crippen LogP contribution in [0.1, 0.15) is 39.5 Å². The minimum absolute atomic E-state index is 0.209. The number of carbonyl (C=O) groups excluding carboxylic acids is 1. The third-order valence-corrected chi connectivity index (χ3v) is 5.12. The number of ketones is 1. The summed E-state index contributed by atoms with van der Waals surface area (Å²) in [6.07, 6.45) is 4.72. The summed E-state index contributed by atoms with van der Waals surface area (Å²) in [6.45, 7) is 5.10. The molecule has 86 valence electrons. The monoisotopic (exact) mass is 228 g/mol. The molecule has 0 aromatic carbocycles. The molecule has 3 heteroatoms. The Kier molecular flexibility index (Phi) is 3.41. The van der Waals surface area contributed by atoms with Crippen LogP contribution in [0.2, 0.25) is 0 Å². The number of fused-ring (bicyclic) bond motifs is 1. The number of carbonyl (C=O) groups is 1. The molecule has 2 fully saturated rings. The van der Waals surface area contributed by atoms with E-state index in [9.17, 15) is 4.79 Å². The van der Waals surface area contributed by atoms with Crippen LogP contribution in [0.3, 0.4) is 0 Å². The van der Waals surface area contributed by atoms with Crippen molar-refractivity contribution in [1.82, 2.24) is 0 Å². The topological polar surface area (TPSA) is 26.3 Å². The molecule has 1 saturated heterocycles. The zero-order valence-electron chi connectivity index (χ0n) is 9.62. The standard InChI is InChI=1S/C12H20O2S/c1-3-4-8-15-12(2)10(13)9-6-5-7-14-11(9)12/h9,11H,3-8H2,1-2H3/t9-,11-,12-/m0/s1. The number of hydrogen-bond donors (Lipinski definition) is 0. The average Bonchev–Trinajstić information content (AvgIpc) is 2.28. The molecule has 1 aliphatic heterocycles. The highest BCUT2D eigenvalue weighted by Gasteiger charge is 2.60. The van der Waals surface area contributed by atoms with Crippen LogP contribution in [0.5, 0.6) is 0 Å². The van der Waals surface area contributed by atoms with Crippen molar-refractivity contribution in [2.24, 2.45) is 5.92 Å². The highest BCUT2D eigenvalue weighted by molar-refractivity contribution is 8.01. The Balaban J connectivity index is 1.93. The third kappa shape index (κ3) is 1.84. The van der Waals surface area contributed by atoms with E-state index in [-0.39, 0.29) is 16.8 Å². The summed E-state index contributed by atoms with van der Waals surface area (Å²) in [5.41, 5.74) is 0. The first-order valence-corrected chi connectivity index (χ1v) is 6.98. The summed E-state index contributed by atoms with van der Waals surface area (Å²) in [6, 6.07) is 0. The molecule has 15 heavy (non-hydrogen) atoms. The molecule has 2 aliphatic rings. The van der Waals surface area contributed by atoms with E-state index in [4.69, 9.17) is 4.74 Å². The molecule has 0 N–H and O–H groups in total. The van der Waals surface area contributed by atoms with Crippen LogP contribution < -0.4 is 0 Å². The Morgan fingerprint density at radius 3 is 3.13 bits per heavy atom. The Morgan fingerprint density at radius 2 is 2.40 bits per heavy atom. The van der Waals surface area contributed by atoms with Crippen LogP contribution in [-0.4, -0.2) is 29.0 Å². The SMILES string of the molecule is CCCCS[C@@]1(C)C(=O)[C@@H]2CCCO[C@@H]21. The molecule has 3 atom stereocenters. The van der Waals surface area contributed by atoms with E-state index in [2.05, 4.69) is 13.8 Å². The largest absolute Gasteiger partial charge is 0.376 e. The second-order valence-electron chi connectivity index (χ2n) is 4.71. The minimum atomic E-state index is -0.222. The van der Waals surface area contributed by atoms with Gasteiger partial charge in [-0.3, -0.25) is 4.79 Å². The highest BCUT2D eigenvalue weighted by Crippen LogP contribution is 2.50. The third-order valence-electron chi connectivity index (χ3n) is 3.59. The van der Waals surface area contributed by atoms with Gasteiger partial charge in [-0.05, 0) is 31.9 Å². The Hall–Kier alpha value is -0.0200. The van der Waals surface area contributed by atoms with E-state index in [1.807, 2.05) is 11.8 Å². The lowest BCUT2D eigenvalue weighted by atomic mass is 9.67. The Labute approximate surface area is 96.1 Å². The Bertz CT molecular complexity index is 254. The fourth-order valence-electron chi connectivity index (χ4n) is 2.59. The normalized spacial score (nSPS) is 39.7. The van der Waals surface area contributed by atoms with Crippen LogP contribution in [0, 0.1) is 5.92 Å². The van der Waals surface area contributed by atoms with Crippen molar-refractivity contribution in [1.29, 1.82) is 0 Å². The van der Waals surface area contributed by atoms with E-state index >= 15 is 0 Å². The number of hydrogen-bond acceptors (Lipinski definition) is 3. The molecule has 0 aromatic rings. The fourth-order valence-corrected chi connectivity index (χ4v) is 4.13. The molecule has 1 saturated carbocycles. The molecule has 0 bridgehead atoms. The summed E-state index contributed by atoms with van der Waals surface area (Å²) < 4.78 is 5.53. The van der Waals surface area contributed by atoms with Gasteiger partial charge in [0, 0.05) is 12.5 Å². The van der Waals surface area contributed by atoms with Crippen LogP contribution in [-0.2, 0) is 9.53 Å². The Morgan fingerprint density at radius 1 is 1.60 bits per heavy atom. The van der Waals surface area contributed by atoms with Gasteiger partial charge in [0.25, 0.3) is 0 Å². The van der Waals surface area contributed by atoms with Crippen LogP contribution in [0.25, 0.3) is 0 Å². The number of unbranched alkanes of at least 4 members (excludes halogenated alkanes) is 1. The van der Waals surface area contributed by atoms with Gasteiger partial charge in [-0.25, -0.2) is 0 Å². The predicted molar refractivity (Wildman–Crippen MR) is 63.2 cm³/mol. The maximum absolute atomic E-state index is 12.0. The maximum Gasteiger partial charge on any atom is 0.156 e. The van der Waals surface area contributed by atoms with Gasteiger partial charge in [-0.15, -0.1) is 11.8 Å². The van der Waals surface area contributed by atoms with Crippen molar-refractivity contribution in [2.45, 2.75) is 50.4 Å². The van der Waals surface area contributed by atoms with Crippen molar-refractivity contribution in [3.05, 3.63) is 0 Å². The van der Waals surface area contributed by atoms with Gasteiger partial charge in [0.2, 0.25) is 0 Å². The summed E-state index contributed by atoms with van der Waals surface area (Å²) in [5.74, 6) is 1.75. The number of thioether (sulfide) groups is 1. The molecule has 0 amide bonds. The van der Waals surface area contributed by atoms with Crippen LogP contribution >= 0.6 is 11.8 Å². The molecule has 0 unspecified atom stereocenters. The molecular weight excluding hydrogens is 208 g/mol. The van der Waals surface area contributed by atoms with Gasteiger partial charge in [-0.1, -0.05) is 13.3 Å². The van der Waals surface area contributed by atoms with E-state index < -0.39 is 0 Å². The van der Waals surface area contributed by atoms with Crippen molar-refractivity contribution in [3.8, 4) is 0 Å². The zero-order valence-corrected chi connectivity index (χ0v) is 10.4. The number of rotatable bonds is 4. The quantitative estimate of drug-likeness (QED) is 0.692. The second-order valence-corrected chi connectivity index (χ2v) is 6.26. The summed E-state index contributed by atoms with van der Waals surface area (Å²) in [5, 5.41) is 0. The number of ether oxygens (including phenoxy) is 1. The van der Waals surface area contributed by atoms with Crippen molar-refractivity contribution >= 4 is 17.5 Å². The van der Waals surface area contributed by atoms with Crippen LogP contribution in [0.4, 0.5) is 0 Å². The van der Waals surface area contributed by atoms with E-state index in [1.54, 1.807) is 0 Å². The molecule has 2 nitrogen and oxygen atoms in total. The van der Waals surface area contributed by atoms with E-state index in [0.29, 0.717) is 5.78 Å². The van der Waals surface area contributed by atoms with Gasteiger partial charge in [-0.2, -0.15) is 0 Å². The lowest BCUT2D eigenvalue weighted by Crippen LogP contribution is -2.66. The lowest BCUT2D eigenvalue weighted by Gasteiger charge is -2.52. The smallest absolute Gasteiger partial charge is 0.156 e. The molecule has 0 spiro atoms.